The third-order valence-electron chi connectivity index (χ3n) is 2.48. The number of anilines is 2. The number of methoxy groups -OCH3 is 1. The Kier molecular flexibility index (Phi) is 6.91. The summed E-state index contributed by atoms with van der Waals surface area (Å²) in [7, 11) is 1.59. The highest BCUT2D eigenvalue weighted by Crippen LogP contribution is 2.30. The predicted molar refractivity (Wildman–Crippen MR) is 90.3 cm³/mol. The molecule has 1 heterocycles. The van der Waals surface area contributed by atoms with Gasteiger partial charge in [0, 0.05) is 13.7 Å². The van der Waals surface area contributed by atoms with Crippen LogP contribution in [0.5, 0.6) is 0 Å². The van der Waals surface area contributed by atoms with Gasteiger partial charge in [-0.15, -0.1) is 10.2 Å². The zero-order valence-electron chi connectivity index (χ0n) is 11.8. The number of ether oxygens (including phenoxy) is 1. The minimum Gasteiger partial charge on any atom is -0.383 e. The molecule has 2 aromatic rings. The highest BCUT2D eigenvalue weighted by molar-refractivity contribution is 8.01. The number of thioether (sulfide) groups is 1. The molecule has 0 aliphatic rings. The molecule has 0 unspecified atom stereocenters. The van der Waals surface area contributed by atoms with E-state index in [4.69, 9.17) is 16.3 Å². The van der Waals surface area contributed by atoms with Crippen molar-refractivity contribution in [3.05, 3.63) is 29.3 Å². The second-order valence-corrected chi connectivity index (χ2v) is 6.72. The Bertz CT molecular complexity index is 624. The van der Waals surface area contributed by atoms with Crippen LogP contribution in [0.3, 0.4) is 0 Å². The van der Waals surface area contributed by atoms with E-state index < -0.39 is 0 Å². The standard InChI is InChI=1S/C13H15ClN4O2S2/c1-20-7-6-15-11(19)8-21-13-18-17-12(22-13)16-10-5-3-2-4-9(10)14/h2-5H,6-8H2,1H3,(H,15,19)(H,16,17). The summed E-state index contributed by atoms with van der Waals surface area (Å²) in [4.78, 5) is 11.6. The minimum atomic E-state index is -0.0575. The summed E-state index contributed by atoms with van der Waals surface area (Å²) < 4.78 is 5.58. The predicted octanol–water partition coefficient (Wildman–Crippen LogP) is 2.79. The van der Waals surface area contributed by atoms with E-state index in [2.05, 4.69) is 20.8 Å². The van der Waals surface area contributed by atoms with Gasteiger partial charge in [-0.3, -0.25) is 4.79 Å². The summed E-state index contributed by atoms with van der Waals surface area (Å²) in [5, 5.41) is 15.2. The van der Waals surface area contributed by atoms with Crippen LogP contribution in [0.15, 0.2) is 28.6 Å². The Morgan fingerprint density at radius 1 is 1.41 bits per heavy atom. The fourth-order valence-electron chi connectivity index (χ4n) is 1.47. The van der Waals surface area contributed by atoms with Crippen molar-refractivity contribution < 1.29 is 9.53 Å². The fraction of sp³-hybridized carbons (Fsp3) is 0.308. The van der Waals surface area contributed by atoms with Gasteiger partial charge in [-0.1, -0.05) is 46.8 Å². The van der Waals surface area contributed by atoms with Gasteiger partial charge in [0.05, 0.1) is 23.1 Å². The SMILES string of the molecule is COCCNC(=O)CSc1nnc(Nc2ccccc2Cl)s1. The molecule has 0 aliphatic carbocycles. The van der Waals surface area contributed by atoms with Crippen LogP contribution in [0, 0.1) is 0 Å². The zero-order chi connectivity index (χ0) is 15.8. The molecular formula is C13H15ClN4O2S2. The first-order chi connectivity index (χ1) is 10.7. The van der Waals surface area contributed by atoms with E-state index in [1.165, 1.54) is 23.1 Å². The molecule has 0 saturated heterocycles. The summed E-state index contributed by atoms with van der Waals surface area (Å²) in [5.74, 6) is 0.239. The Balaban J connectivity index is 1.82. The van der Waals surface area contributed by atoms with Gasteiger partial charge in [-0.25, -0.2) is 0 Å². The summed E-state index contributed by atoms with van der Waals surface area (Å²) in [6, 6.07) is 7.40. The van der Waals surface area contributed by atoms with E-state index in [0.29, 0.717) is 29.1 Å². The van der Waals surface area contributed by atoms with Crippen LogP contribution in [0.2, 0.25) is 5.02 Å². The molecular weight excluding hydrogens is 344 g/mol. The number of carbonyl (C=O) groups is 1. The zero-order valence-corrected chi connectivity index (χ0v) is 14.2. The second-order valence-electron chi connectivity index (χ2n) is 4.11. The number of hydrogen-bond donors (Lipinski definition) is 2. The lowest BCUT2D eigenvalue weighted by molar-refractivity contribution is -0.118. The average Bonchev–Trinajstić information content (AvgIpc) is 2.95. The van der Waals surface area contributed by atoms with Crippen LogP contribution in [-0.2, 0) is 9.53 Å². The molecule has 118 valence electrons. The Labute approximate surface area is 141 Å². The highest BCUT2D eigenvalue weighted by Gasteiger charge is 2.09. The van der Waals surface area contributed by atoms with E-state index in [0.717, 1.165) is 10.0 Å². The number of nitrogens with zero attached hydrogens (tertiary/aromatic N) is 2. The summed E-state index contributed by atoms with van der Waals surface area (Å²) >= 11 is 8.78. The number of carbonyl (C=O) groups excluding carboxylic acids is 1. The quantitative estimate of drug-likeness (QED) is 0.558. The Morgan fingerprint density at radius 3 is 3.00 bits per heavy atom. The van der Waals surface area contributed by atoms with Crippen molar-refractivity contribution in [2.75, 3.05) is 31.3 Å². The van der Waals surface area contributed by atoms with Gasteiger partial charge in [0.15, 0.2) is 4.34 Å². The van der Waals surface area contributed by atoms with Crippen LogP contribution < -0.4 is 10.6 Å². The average molecular weight is 359 g/mol. The molecule has 0 saturated carbocycles. The molecule has 0 spiro atoms. The Morgan fingerprint density at radius 2 is 2.23 bits per heavy atom. The topological polar surface area (TPSA) is 76.1 Å². The Hall–Kier alpha value is -1.35. The first-order valence-corrected chi connectivity index (χ1v) is 8.60. The molecule has 2 N–H and O–H groups in total. The van der Waals surface area contributed by atoms with Crippen molar-refractivity contribution in [2.45, 2.75) is 4.34 Å². The van der Waals surface area contributed by atoms with E-state index in [1.54, 1.807) is 13.2 Å². The number of aromatic nitrogens is 2. The number of hydrogen-bond acceptors (Lipinski definition) is 7. The summed E-state index contributed by atoms with van der Waals surface area (Å²) in [6.07, 6.45) is 0. The molecule has 6 nitrogen and oxygen atoms in total. The number of para-hydroxylation sites is 1. The molecule has 22 heavy (non-hydrogen) atoms. The van der Waals surface area contributed by atoms with E-state index >= 15 is 0 Å². The van der Waals surface area contributed by atoms with Crippen molar-refractivity contribution in [1.29, 1.82) is 0 Å². The maximum absolute atomic E-state index is 11.6. The van der Waals surface area contributed by atoms with Crippen LogP contribution in [-0.4, -0.2) is 42.1 Å². The van der Waals surface area contributed by atoms with E-state index in [-0.39, 0.29) is 5.91 Å². The number of nitrogens with one attached hydrogen (secondary N) is 2. The molecule has 2 rings (SSSR count). The van der Waals surface area contributed by atoms with E-state index in [1.807, 2.05) is 18.2 Å². The molecule has 1 amide bonds. The lowest BCUT2D eigenvalue weighted by atomic mass is 10.3. The molecule has 9 heteroatoms. The third-order valence-corrected chi connectivity index (χ3v) is 4.78. The number of amides is 1. The van der Waals surface area contributed by atoms with Crippen molar-refractivity contribution >= 4 is 51.4 Å². The third kappa shape index (κ3) is 5.45. The van der Waals surface area contributed by atoms with Gasteiger partial charge in [0.25, 0.3) is 0 Å². The number of rotatable bonds is 8. The highest BCUT2D eigenvalue weighted by atomic mass is 35.5. The largest absolute Gasteiger partial charge is 0.383 e. The van der Waals surface area contributed by atoms with E-state index in [9.17, 15) is 4.79 Å². The molecule has 1 aromatic heterocycles. The second kappa shape index (κ2) is 8.94. The number of benzene rings is 1. The van der Waals surface area contributed by atoms with Crippen molar-refractivity contribution in [3.8, 4) is 0 Å². The van der Waals surface area contributed by atoms with Crippen molar-refractivity contribution in [2.24, 2.45) is 0 Å². The minimum absolute atomic E-state index is 0.0575. The maximum Gasteiger partial charge on any atom is 0.230 e. The van der Waals surface area contributed by atoms with Gasteiger partial charge in [0.1, 0.15) is 0 Å². The smallest absolute Gasteiger partial charge is 0.230 e. The fourth-order valence-corrected chi connectivity index (χ4v) is 3.24. The first-order valence-electron chi connectivity index (χ1n) is 6.42. The summed E-state index contributed by atoms with van der Waals surface area (Å²) in [5.41, 5.74) is 0.772. The molecule has 0 atom stereocenters. The molecule has 0 bridgehead atoms. The molecule has 0 aliphatic heterocycles. The van der Waals surface area contributed by atoms with Crippen LogP contribution in [0.25, 0.3) is 0 Å². The van der Waals surface area contributed by atoms with Gasteiger partial charge in [0.2, 0.25) is 11.0 Å². The maximum atomic E-state index is 11.6. The molecule has 1 aromatic carbocycles. The summed E-state index contributed by atoms with van der Waals surface area (Å²) in [6.45, 7) is 1.01. The monoisotopic (exact) mass is 358 g/mol. The lowest BCUT2D eigenvalue weighted by Crippen LogP contribution is -2.28. The number of halogens is 1. The van der Waals surface area contributed by atoms with Crippen LogP contribution in [0.1, 0.15) is 0 Å². The van der Waals surface area contributed by atoms with Gasteiger partial charge in [-0.2, -0.15) is 0 Å². The molecule has 0 radical (unpaired) electrons. The first kappa shape index (κ1) is 17.0. The van der Waals surface area contributed by atoms with Gasteiger partial charge < -0.3 is 15.4 Å². The van der Waals surface area contributed by atoms with Crippen molar-refractivity contribution in [3.63, 3.8) is 0 Å². The lowest BCUT2D eigenvalue weighted by Gasteiger charge is -2.03. The van der Waals surface area contributed by atoms with Crippen molar-refractivity contribution in [1.82, 2.24) is 15.5 Å². The molecule has 0 fully saturated rings. The van der Waals surface area contributed by atoms with Crippen LogP contribution >= 0.6 is 34.7 Å². The van der Waals surface area contributed by atoms with Gasteiger partial charge in [-0.05, 0) is 12.1 Å². The van der Waals surface area contributed by atoms with Gasteiger partial charge >= 0.3 is 0 Å². The normalized spacial score (nSPS) is 10.5. The van der Waals surface area contributed by atoms with Crippen LogP contribution in [0.4, 0.5) is 10.8 Å².